The summed E-state index contributed by atoms with van der Waals surface area (Å²) < 4.78 is 10.2. The summed E-state index contributed by atoms with van der Waals surface area (Å²) in [6.07, 6.45) is 1.53. The van der Waals surface area contributed by atoms with Crippen LogP contribution in [-0.2, 0) is 9.47 Å². The van der Waals surface area contributed by atoms with E-state index in [1.165, 1.54) is 6.20 Å². The number of ether oxygens (including phenoxy) is 2. The zero-order valence-electron chi connectivity index (χ0n) is 9.47. The molecule has 0 saturated carbocycles. The average molecular weight is 224 g/mol. The molecule has 0 aliphatic carbocycles. The highest BCUT2D eigenvalue weighted by Gasteiger charge is 2.06. The van der Waals surface area contributed by atoms with Crippen molar-refractivity contribution in [3.05, 3.63) is 23.9 Å². The van der Waals surface area contributed by atoms with E-state index in [1.807, 2.05) is 13.8 Å². The van der Waals surface area contributed by atoms with Crippen molar-refractivity contribution in [3.63, 3.8) is 0 Å². The minimum absolute atomic E-state index is 0.136. The molecule has 0 aliphatic rings. The maximum absolute atomic E-state index is 11.4. The van der Waals surface area contributed by atoms with Gasteiger partial charge in [0.25, 0.3) is 0 Å². The molecule has 88 valence electrons. The molecule has 0 fully saturated rings. The van der Waals surface area contributed by atoms with E-state index in [-0.39, 0.29) is 12.7 Å². The SMILES string of the molecule is CC(C)OCCOC(=O)c1ccc(N)nc1. The lowest BCUT2D eigenvalue weighted by Crippen LogP contribution is -2.13. The third kappa shape index (κ3) is 4.27. The lowest BCUT2D eigenvalue weighted by Gasteiger charge is -2.08. The molecule has 0 atom stereocenters. The zero-order valence-corrected chi connectivity index (χ0v) is 9.47. The molecule has 0 saturated heterocycles. The van der Waals surface area contributed by atoms with Crippen molar-refractivity contribution in [1.29, 1.82) is 0 Å². The molecule has 2 N–H and O–H groups in total. The molecule has 5 nitrogen and oxygen atoms in total. The molecule has 5 heteroatoms. The highest BCUT2D eigenvalue weighted by atomic mass is 16.6. The number of nitrogen functional groups attached to an aromatic ring is 1. The summed E-state index contributed by atoms with van der Waals surface area (Å²) in [4.78, 5) is 15.2. The van der Waals surface area contributed by atoms with Crippen LogP contribution in [0.2, 0.25) is 0 Å². The molecule has 1 aromatic heterocycles. The van der Waals surface area contributed by atoms with Gasteiger partial charge in [0.2, 0.25) is 0 Å². The van der Waals surface area contributed by atoms with Crippen LogP contribution in [0.15, 0.2) is 18.3 Å². The van der Waals surface area contributed by atoms with Gasteiger partial charge in [0.1, 0.15) is 12.4 Å². The predicted octanol–water partition coefficient (Wildman–Crippen LogP) is 1.25. The van der Waals surface area contributed by atoms with Crippen LogP contribution in [0.5, 0.6) is 0 Å². The second-order valence-corrected chi connectivity index (χ2v) is 3.53. The van der Waals surface area contributed by atoms with Gasteiger partial charge in [-0.3, -0.25) is 0 Å². The van der Waals surface area contributed by atoms with E-state index in [1.54, 1.807) is 12.1 Å². The Morgan fingerprint density at radius 2 is 2.19 bits per heavy atom. The Balaban J connectivity index is 2.32. The summed E-state index contributed by atoms with van der Waals surface area (Å²) in [6, 6.07) is 3.13. The molecule has 0 unspecified atom stereocenters. The maximum Gasteiger partial charge on any atom is 0.339 e. The van der Waals surface area contributed by atoms with E-state index in [2.05, 4.69) is 4.98 Å². The molecule has 0 bridgehead atoms. The Hall–Kier alpha value is -1.62. The smallest absolute Gasteiger partial charge is 0.339 e. The van der Waals surface area contributed by atoms with Gasteiger partial charge >= 0.3 is 5.97 Å². The highest BCUT2D eigenvalue weighted by molar-refractivity contribution is 5.89. The monoisotopic (exact) mass is 224 g/mol. The number of carbonyl (C=O) groups excluding carboxylic acids is 1. The van der Waals surface area contributed by atoms with E-state index < -0.39 is 5.97 Å². The van der Waals surface area contributed by atoms with Gasteiger partial charge < -0.3 is 15.2 Å². The van der Waals surface area contributed by atoms with E-state index in [0.29, 0.717) is 18.0 Å². The predicted molar refractivity (Wildman–Crippen MR) is 60.0 cm³/mol. The van der Waals surface area contributed by atoms with Crippen LogP contribution in [-0.4, -0.2) is 30.3 Å². The van der Waals surface area contributed by atoms with Crippen molar-refractivity contribution in [2.24, 2.45) is 0 Å². The van der Waals surface area contributed by atoms with Crippen molar-refractivity contribution in [3.8, 4) is 0 Å². The Morgan fingerprint density at radius 3 is 2.75 bits per heavy atom. The van der Waals surface area contributed by atoms with Crippen LogP contribution >= 0.6 is 0 Å². The van der Waals surface area contributed by atoms with Crippen LogP contribution in [0.1, 0.15) is 24.2 Å². The fourth-order valence-corrected chi connectivity index (χ4v) is 1.03. The first-order valence-corrected chi connectivity index (χ1v) is 5.10. The van der Waals surface area contributed by atoms with Gasteiger partial charge in [-0.05, 0) is 26.0 Å². The lowest BCUT2D eigenvalue weighted by atomic mass is 10.3. The molecule has 0 spiro atoms. The molecule has 16 heavy (non-hydrogen) atoms. The van der Waals surface area contributed by atoms with Crippen LogP contribution in [0.25, 0.3) is 0 Å². The Bertz CT molecular complexity index is 336. The van der Waals surface area contributed by atoms with E-state index in [9.17, 15) is 4.79 Å². The average Bonchev–Trinajstić information content (AvgIpc) is 2.25. The first kappa shape index (κ1) is 12.4. The van der Waals surface area contributed by atoms with Crippen LogP contribution in [0.4, 0.5) is 5.82 Å². The number of anilines is 1. The van der Waals surface area contributed by atoms with E-state index >= 15 is 0 Å². The Kier molecular flexibility index (Phi) is 4.72. The van der Waals surface area contributed by atoms with Crippen molar-refractivity contribution < 1.29 is 14.3 Å². The quantitative estimate of drug-likeness (QED) is 0.601. The van der Waals surface area contributed by atoms with Crippen molar-refractivity contribution in [2.75, 3.05) is 18.9 Å². The molecule has 1 heterocycles. The molecular formula is C11H16N2O3. The fourth-order valence-electron chi connectivity index (χ4n) is 1.03. The largest absolute Gasteiger partial charge is 0.460 e. The van der Waals surface area contributed by atoms with Gasteiger partial charge in [-0.15, -0.1) is 0 Å². The Morgan fingerprint density at radius 1 is 1.44 bits per heavy atom. The van der Waals surface area contributed by atoms with Gasteiger partial charge in [0.15, 0.2) is 0 Å². The summed E-state index contributed by atoms with van der Waals surface area (Å²) in [5.74, 6) is -0.0421. The summed E-state index contributed by atoms with van der Waals surface area (Å²) in [7, 11) is 0. The number of hydrogen-bond acceptors (Lipinski definition) is 5. The molecule has 0 aromatic carbocycles. The Labute approximate surface area is 94.6 Å². The van der Waals surface area contributed by atoms with Gasteiger partial charge in [-0.2, -0.15) is 0 Å². The number of rotatable bonds is 5. The molecule has 0 aliphatic heterocycles. The second kappa shape index (κ2) is 6.07. The number of hydrogen-bond donors (Lipinski definition) is 1. The van der Waals surface area contributed by atoms with Crippen LogP contribution in [0, 0.1) is 0 Å². The maximum atomic E-state index is 11.4. The molecule has 0 radical (unpaired) electrons. The normalized spacial score (nSPS) is 10.4. The lowest BCUT2D eigenvalue weighted by molar-refractivity contribution is 0.0176. The molecule has 1 aromatic rings. The third-order valence-corrected chi connectivity index (χ3v) is 1.79. The third-order valence-electron chi connectivity index (χ3n) is 1.79. The topological polar surface area (TPSA) is 74.4 Å². The van der Waals surface area contributed by atoms with E-state index in [4.69, 9.17) is 15.2 Å². The summed E-state index contributed by atoms with van der Waals surface area (Å²) in [5, 5.41) is 0. The van der Waals surface area contributed by atoms with Gasteiger partial charge in [0, 0.05) is 6.20 Å². The standard InChI is InChI=1S/C11H16N2O3/c1-8(2)15-5-6-16-11(14)9-3-4-10(12)13-7-9/h3-4,7-8H,5-6H2,1-2H3,(H2,12,13). The van der Waals surface area contributed by atoms with Crippen molar-refractivity contribution >= 4 is 11.8 Å². The van der Waals surface area contributed by atoms with Gasteiger partial charge in [0.05, 0.1) is 18.3 Å². The summed E-state index contributed by atoms with van der Waals surface area (Å²) in [6.45, 7) is 4.48. The first-order chi connectivity index (χ1) is 7.59. The number of esters is 1. The second-order valence-electron chi connectivity index (χ2n) is 3.53. The van der Waals surface area contributed by atoms with Crippen molar-refractivity contribution in [2.45, 2.75) is 20.0 Å². The summed E-state index contributed by atoms with van der Waals surface area (Å²) in [5.41, 5.74) is 5.79. The van der Waals surface area contributed by atoms with Crippen LogP contribution in [0.3, 0.4) is 0 Å². The molecule has 1 rings (SSSR count). The minimum atomic E-state index is -0.417. The number of aromatic nitrogens is 1. The fraction of sp³-hybridized carbons (Fsp3) is 0.455. The van der Waals surface area contributed by atoms with Gasteiger partial charge in [-0.25, -0.2) is 9.78 Å². The number of pyridine rings is 1. The number of nitrogens with zero attached hydrogens (tertiary/aromatic N) is 1. The zero-order chi connectivity index (χ0) is 12.0. The van der Waals surface area contributed by atoms with Crippen LogP contribution < -0.4 is 5.73 Å². The highest BCUT2D eigenvalue weighted by Crippen LogP contribution is 2.03. The minimum Gasteiger partial charge on any atom is -0.460 e. The van der Waals surface area contributed by atoms with E-state index in [0.717, 1.165) is 0 Å². The molecular weight excluding hydrogens is 208 g/mol. The van der Waals surface area contributed by atoms with Crippen molar-refractivity contribution in [1.82, 2.24) is 4.98 Å². The number of nitrogens with two attached hydrogens (primary N) is 1. The summed E-state index contributed by atoms with van der Waals surface area (Å²) >= 11 is 0. The number of carbonyl (C=O) groups is 1. The van der Waals surface area contributed by atoms with Gasteiger partial charge in [-0.1, -0.05) is 0 Å². The first-order valence-electron chi connectivity index (χ1n) is 5.10. The molecule has 0 amide bonds.